The fourth-order valence-electron chi connectivity index (χ4n) is 2.71. The Labute approximate surface area is 89.1 Å². The van der Waals surface area contributed by atoms with Crippen LogP contribution < -0.4 is 5.32 Å². The highest BCUT2D eigenvalue weighted by Crippen LogP contribution is 2.22. The Morgan fingerprint density at radius 3 is 2.64 bits per heavy atom. The van der Waals surface area contributed by atoms with Gasteiger partial charge in [0.15, 0.2) is 0 Å². The molecule has 0 aromatic rings. The number of hydrogen-bond donors (Lipinski definition) is 1. The van der Waals surface area contributed by atoms with E-state index in [-0.39, 0.29) is 0 Å². The third-order valence-corrected chi connectivity index (χ3v) is 3.24. The highest BCUT2D eigenvalue weighted by Gasteiger charge is 2.27. The van der Waals surface area contributed by atoms with E-state index in [1.54, 1.807) is 0 Å². The fraction of sp³-hybridized carbons (Fsp3) is 1.00. The zero-order chi connectivity index (χ0) is 10.6. The van der Waals surface area contributed by atoms with Crippen LogP contribution in [0.4, 0.5) is 0 Å². The maximum absolute atomic E-state index is 3.31. The molecule has 0 bridgehead atoms. The first-order chi connectivity index (χ1) is 6.65. The molecule has 0 radical (unpaired) electrons. The molecular weight excluding hydrogens is 172 g/mol. The van der Waals surface area contributed by atoms with Crippen molar-refractivity contribution in [2.75, 3.05) is 20.1 Å². The van der Waals surface area contributed by atoms with E-state index in [1.807, 2.05) is 0 Å². The SMILES string of the molecule is CNCC1CCCN1C(C)CC(C)C. The third kappa shape index (κ3) is 3.25. The Kier molecular flexibility index (Phi) is 4.90. The molecule has 1 N–H and O–H groups in total. The lowest BCUT2D eigenvalue weighted by molar-refractivity contribution is 0.169. The van der Waals surface area contributed by atoms with Crippen LogP contribution >= 0.6 is 0 Å². The lowest BCUT2D eigenvalue weighted by Crippen LogP contribution is -2.42. The molecule has 2 nitrogen and oxygen atoms in total. The second kappa shape index (κ2) is 5.72. The molecule has 2 heteroatoms. The fourth-order valence-corrected chi connectivity index (χ4v) is 2.71. The minimum absolute atomic E-state index is 0.760. The van der Waals surface area contributed by atoms with Crippen LogP contribution in [-0.4, -0.2) is 37.1 Å². The highest BCUT2D eigenvalue weighted by atomic mass is 15.2. The summed E-state index contributed by atoms with van der Waals surface area (Å²) in [6.07, 6.45) is 4.10. The summed E-state index contributed by atoms with van der Waals surface area (Å²) in [5, 5.41) is 3.31. The van der Waals surface area contributed by atoms with Gasteiger partial charge in [-0.2, -0.15) is 0 Å². The summed E-state index contributed by atoms with van der Waals surface area (Å²) in [5.41, 5.74) is 0. The van der Waals surface area contributed by atoms with Crippen LogP contribution in [-0.2, 0) is 0 Å². The smallest absolute Gasteiger partial charge is 0.0223 e. The molecular formula is C12H26N2. The molecule has 1 aliphatic rings. The van der Waals surface area contributed by atoms with Gasteiger partial charge >= 0.3 is 0 Å². The van der Waals surface area contributed by atoms with Gasteiger partial charge in [-0.1, -0.05) is 13.8 Å². The summed E-state index contributed by atoms with van der Waals surface area (Å²) in [6, 6.07) is 1.55. The Bertz CT molecular complexity index is 156. The first-order valence-electron chi connectivity index (χ1n) is 6.05. The molecule has 0 spiro atoms. The monoisotopic (exact) mass is 198 g/mol. The first-order valence-corrected chi connectivity index (χ1v) is 6.05. The summed E-state index contributed by atoms with van der Waals surface area (Å²) < 4.78 is 0. The van der Waals surface area contributed by atoms with Gasteiger partial charge < -0.3 is 5.32 Å². The summed E-state index contributed by atoms with van der Waals surface area (Å²) in [7, 11) is 2.06. The van der Waals surface area contributed by atoms with Crippen molar-refractivity contribution in [2.45, 2.75) is 52.1 Å². The van der Waals surface area contributed by atoms with Crippen LogP contribution in [0.2, 0.25) is 0 Å². The van der Waals surface area contributed by atoms with Crippen LogP contribution in [0.3, 0.4) is 0 Å². The van der Waals surface area contributed by atoms with Gasteiger partial charge in [-0.15, -0.1) is 0 Å². The van der Waals surface area contributed by atoms with E-state index in [0.29, 0.717) is 0 Å². The molecule has 1 aliphatic heterocycles. The second-order valence-electron chi connectivity index (χ2n) is 5.07. The predicted molar refractivity (Wildman–Crippen MR) is 62.6 cm³/mol. The topological polar surface area (TPSA) is 15.3 Å². The first kappa shape index (κ1) is 12.0. The van der Waals surface area contributed by atoms with Crippen molar-refractivity contribution < 1.29 is 0 Å². The normalized spacial score (nSPS) is 25.9. The van der Waals surface area contributed by atoms with Gasteiger partial charge in [-0.3, -0.25) is 4.90 Å². The van der Waals surface area contributed by atoms with Crippen LogP contribution in [0.15, 0.2) is 0 Å². The van der Waals surface area contributed by atoms with Crippen molar-refractivity contribution in [1.82, 2.24) is 10.2 Å². The quantitative estimate of drug-likeness (QED) is 0.728. The second-order valence-corrected chi connectivity index (χ2v) is 5.07. The Morgan fingerprint density at radius 1 is 1.36 bits per heavy atom. The molecule has 0 saturated carbocycles. The van der Waals surface area contributed by atoms with Crippen molar-refractivity contribution in [2.24, 2.45) is 5.92 Å². The van der Waals surface area contributed by atoms with Gasteiger partial charge in [0.1, 0.15) is 0 Å². The minimum atomic E-state index is 0.760. The molecule has 84 valence electrons. The van der Waals surface area contributed by atoms with E-state index in [2.05, 4.69) is 38.0 Å². The van der Waals surface area contributed by atoms with Crippen LogP contribution in [0, 0.1) is 5.92 Å². The van der Waals surface area contributed by atoms with E-state index in [9.17, 15) is 0 Å². The maximum atomic E-state index is 3.31. The van der Waals surface area contributed by atoms with Crippen molar-refractivity contribution in [3.8, 4) is 0 Å². The number of nitrogens with one attached hydrogen (secondary N) is 1. The Hall–Kier alpha value is -0.0800. The minimum Gasteiger partial charge on any atom is -0.318 e. The van der Waals surface area contributed by atoms with Gasteiger partial charge in [0, 0.05) is 18.6 Å². The molecule has 1 fully saturated rings. The van der Waals surface area contributed by atoms with Gasteiger partial charge in [0.2, 0.25) is 0 Å². The number of likely N-dealkylation sites (tertiary alicyclic amines) is 1. The third-order valence-electron chi connectivity index (χ3n) is 3.24. The van der Waals surface area contributed by atoms with E-state index < -0.39 is 0 Å². The molecule has 1 saturated heterocycles. The lowest BCUT2D eigenvalue weighted by Gasteiger charge is -2.31. The predicted octanol–water partition coefficient (Wildman–Crippen LogP) is 2.10. The van der Waals surface area contributed by atoms with Crippen molar-refractivity contribution in [1.29, 1.82) is 0 Å². The zero-order valence-electron chi connectivity index (χ0n) is 10.2. The molecule has 14 heavy (non-hydrogen) atoms. The van der Waals surface area contributed by atoms with E-state index in [0.717, 1.165) is 24.5 Å². The Balaban J connectivity index is 2.40. The molecule has 0 amide bonds. The van der Waals surface area contributed by atoms with E-state index >= 15 is 0 Å². The highest BCUT2D eigenvalue weighted by molar-refractivity contribution is 4.84. The average Bonchev–Trinajstić information content (AvgIpc) is 2.51. The van der Waals surface area contributed by atoms with Crippen molar-refractivity contribution in [3.63, 3.8) is 0 Å². The number of nitrogens with zero attached hydrogens (tertiary/aromatic N) is 1. The molecule has 0 aromatic heterocycles. The molecule has 0 aromatic carbocycles. The maximum Gasteiger partial charge on any atom is 0.0223 e. The molecule has 1 rings (SSSR count). The zero-order valence-corrected chi connectivity index (χ0v) is 10.2. The van der Waals surface area contributed by atoms with Gasteiger partial charge in [-0.25, -0.2) is 0 Å². The largest absolute Gasteiger partial charge is 0.318 e. The van der Waals surface area contributed by atoms with E-state index in [1.165, 1.54) is 25.8 Å². The van der Waals surface area contributed by atoms with Gasteiger partial charge in [-0.05, 0) is 45.7 Å². The standard InChI is InChI=1S/C12H26N2/c1-10(2)8-11(3)14-7-5-6-12(14)9-13-4/h10-13H,5-9H2,1-4H3. The summed E-state index contributed by atoms with van der Waals surface area (Å²) in [5.74, 6) is 0.820. The molecule has 0 aliphatic carbocycles. The Morgan fingerprint density at radius 2 is 2.07 bits per heavy atom. The van der Waals surface area contributed by atoms with Crippen molar-refractivity contribution >= 4 is 0 Å². The van der Waals surface area contributed by atoms with Crippen molar-refractivity contribution in [3.05, 3.63) is 0 Å². The van der Waals surface area contributed by atoms with Gasteiger partial charge in [0.25, 0.3) is 0 Å². The molecule has 1 heterocycles. The molecule has 2 unspecified atom stereocenters. The van der Waals surface area contributed by atoms with E-state index in [4.69, 9.17) is 0 Å². The summed E-state index contributed by atoms with van der Waals surface area (Å²) in [4.78, 5) is 2.69. The van der Waals surface area contributed by atoms with Crippen LogP contribution in [0.1, 0.15) is 40.0 Å². The summed E-state index contributed by atoms with van der Waals surface area (Å²) in [6.45, 7) is 9.48. The molecule has 2 atom stereocenters. The number of hydrogen-bond acceptors (Lipinski definition) is 2. The lowest BCUT2D eigenvalue weighted by atomic mass is 10.0. The van der Waals surface area contributed by atoms with Crippen LogP contribution in [0.25, 0.3) is 0 Å². The van der Waals surface area contributed by atoms with Crippen LogP contribution in [0.5, 0.6) is 0 Å². The summed E-state index contributed by atoms with van der Waals surface area (Å²) >= 11 is 0. The average molecular weight is 198 g/mol. The number of rotatable bonds is 5. The number of likely N-dealkylation sites (N-methyl/N-ethyl adjacent to an activating group) is 1. The van der Waals surface area contributed by atoms with Gasteiger partial charge in [0.05, 0.1) is 0 Å².